The van der Waals surface area contributed by atoms with Crippen molar-refractivity contribution in [3.63, 3.8) is 0 Å². The molecule has 0 aliphatic heterocycles. The second-order valence-electron chi connectivity index (χ2n) is 7.60. The Kier molecular flexibility index (Phi) is 13.5. The highest BCUT2D eigenvalue weighted by molar-refractivity contribution is 7.80. The minimum atomic E-state index is -1.28. The topological polar surface area (TPSA) is 258 Å². The summed E-state index contributed by atoms with van der Waals surface area (Å²) in [5, 5.41) is 16.4. The molecule has 188 valence electrons. The van der Waals surface area contributed by atoms with E-state index in [4.69, 9.17) is 22.9 Å². The van der Waals surface area contributed by atoms with E-state index >= 15 is 0 Å². The predicted octanol–water partition coefficient (Wildman–Crippen LogP) is -3.63. The van der Waals surface area contributed by atoms with Gasteiger partial charge in [0.2, 0.25) is 23.6 Å². The molecule has 0 aliphatic carbocycles. The Labute approximate surface area is 197 Å². The number of rotatable bonds is 15. The lowest BCUT2D eigenvalue weighted by atomic mass is 10.0. The highest BCUT2D eigenvalue weighted by Crippen LogP contribution is 2.05. The first-order chi connectivity index (χ1) is 15.3. The van der Waals surface area contributed by atoms with Crippen LogP contribution in [0, 0.1) is 5.92 Å². The van der Waals surface area contributed by atoms with Crippen LogP contribution in [0.3, 0.4) is 0 Å². The average Bonchev–Trinajstić information content (AvgIpc) is 2.70. The number of carbonyl (C=O) groups is 5. The number of aliphatic imine (C=N–C) groups is 1. The van der Waals surface area contributed by atoms with Crippen LogP contribution in [0.2, 0.25) is 0 Å². The van der Waals surface area contributed by atoms with Gasteiger partial charge < -0.3 is 44.0 Å². The van der Waals surface area contributed by atoms with Crippen LogP contribution < -0.4 is 38.9 Å². The van der Waals surface area contributed by atoms with Gasteiger partial charge in [0.15, 0.2) is 5.96 Å². The van der Waals surface area contributed by atoms with Crippen LogP contribution in [0.25, 0.3) is 0 Å². The molecule has 4 unspecified atom stereocenters. The number of aliphatic carboxylic acids is 1. The number of nitrogens with one attached hydrogen (secondary N) is 3. The minimum Gasteiger partial charge on any atom is -0.480 e. The number of carbonyl (C=O) groups excluding carboxylic acids is 4. The number of carboxylic acids is 1. The zero-order valence-corrected chi connectivity index (χ0v) is 19.5. The van der Waals surface area contributed by atoms with Crippen LogP contribution in [0.15, 0.2) is 4.99 Å². The summed E-state index contributed by atoms with van der Waals surface area (Å²) in [5.74, 6) is -5.01. The molecule has 0 saturated heterocycles. The molecule has 0 aromatic rings. The maximum atomic E-state index is 12.8. The Balaban J connectivity index is 5.37. The second-order valence-corrected chi connectivity index (χ2v) is 7.96. The van der Waals surface area contributed by atoms with E-state index in [1.54, 1.807) is 13.8 Å². The van der Waals surface area contributed by atoms with Crippen LogP contribution >= 0.6 is 12.6 Å². The Morgan fingerprint density at radius 2 is 1.48 bits per heavy atom. The van der Waals surface area contributed by atoms with Gasteiger partial charge in [-0.2, -0.15) is 12.6 Å². The molecule has 15 heteroatoms. The van der Waals surface area contributed by atoms with E-state index in [2.05, 4.69) is 33.6 Å². The zero-order valence-electron chi connectivity index (χ0n) is 18.6. The summed E-state index contributed by atoms with van der Waals surface area (Å²) in [6, 6.07) is -4.78. The van der Waals surface area contributed by atoms with Gasteiger partial charge in [0, 0.05) is 12.3 Å². The Morgan fingerprint density at radius 1 is 0.939 bits per heavy atom. The number of amides is 4. The van der Waals surface area contributed by atoms with Crippen molar-refractivity contribution in [2.24, 2.45) is 33.8 Å². The number of thiol groups is 1. The smallest absolute Gasteiger partial charge is 0.326 e. The molecular weight excluding hydrogens is 456 g/mol. The summed E-state index contributed by atoms with van der Waals surface area (Å²) in [6.45, 7) is 3.40. The standard InChI is InChI=1S/C18H34N8O6S/c1-8(2)13(17(31)32)26-16(30)11(7-33)25-15(29)10(4-3-5-23-18(21)22)24-14(28)9(19)6-12(20)27/h8-11,13,33H,3-7,19H2,1-2H3,(H2,20,27)(H,24,28)(H,25,29)(H,26,30)(H,31,32)(H4,21,22,23). The van der Waals surface area contributed by atoms with Crippen LogP contribution in [0.1, 0.15) is 33.1 Å². The lowest BCUT2D eigenvalue weighted by Crippen LogP contribution is -2.58. The third-order valence-electron chi connectivity index (χ3n) is 4.38. The van der Waals surface area contributed by atoms with Crippen molar-refractivity contribution in [1.29, 1.82) is 0 Å². The molecule has 33 heavy (non-hydrogen) atoms. The minimum absolute atomic E-state index is 0.0717. The lowest BCUT2D eigenvalue weighted by Gasteiger charge is -2.25. The third-order valence-corrected chi connectivity index (χ3v) is 4.75. The SMILES string of the molecule is CC(C)C(NC(=O)C(CS)NC(=O)C(CCCN=C(N)N)NC(=O)C(N)CC(N)=O)C(=O)O. The molecule has 0 saturated carbocycles. The largest absolute Gasteiger partial charge is 0.480 e. The fourth-order valence-corrected chi connectivity index (χ4v) is 2.85. The molecular formula is C18H34N8O6S. The average molecular weight is 491 g/mol. The van der Waals surface area contributed by atoms with Crippen molar-refractivity contribution in [3.05, 3.63) is 0 Å². The van der Waals surface area contributed by atoms with E-state index in [9.17, 15) is 29.1 Å². The molecule has 0 aromatic heterocycles. The molecule has 0 aliphatic rings. The van der Waals surface area contributed by atoms with Crippen molar-refractivity contribution in [2.45, 2.75) is 57.3 Å². The summed E-state index contributed by atoms with van der Waals surface area (Å²) in [5.41, 5.74) is 21.2. The van der Waals surface area contributed by atoms with Crippen molar-refractivity contribution < 1.29 is 29.1 Å². The van der Waals surface area contributed by atoms with Crippen LogP contribution in [-0.2, 0) is 24.0 Å². The summed E-state index contributed by atoms with van der Waals surface area (Å²) in [7, 11) is 0. The van der Waals surface area contributed by atoms with Gasteiger partial charge in [-0.3, -0.25) is 24.2 Å². The Hall–Kier alpha value is -3.07. The number of nitrogens with two attached hydrogens (primary N) is 4. The van der Waals surface area contributed by atoms with Gasteiger partial charge >= 0.3 is 5.97 Å². The molecule has 14 nitrogen and oxygen atoms in total. The molecule has 0 heterocycles. The fraction of sp³-hybridized carbons (Fsp3) is 0.667. The molecule has 0 spiro atoms. The predicted molar refractivity (Wildman–Crippen MR) is 124 cm³/mol. The molecule has 12 N–H and O–H groups in total. The molecule has 4 atom stereocenters. The van der Waals surface area contributed by atoms with Gasteiger partial charge in [-0.15, -0.1) is 0 Å². The molecule has 0 rings (SSSR count). The van der Waals surface area contributed by atoms with E-state index in [0.29, 0.717) is 0 Å². The number of nitrogens with zero attached hydrogens (tertiary/aromatic N) is 1. The van der Waals surface area contributed by atoms with E-state index in [1.165, 1.54) is 0 Å². The summed E-state index contributed by atoms with van der Waals surface area (Å²) in [6.07, 6.45) is -0.0720. The summed E-state index contributed by atoms with van der Waals surface area (Å²) in [4.78, 5) is 63.7. The number of hydrogen-bond donors (Lipinski definition) is 9. The van der Waals surface area contributed by atoms with Gasteiger partial charge in [-0.05, 0) is 18.8 Å². The summed E-state index contributed by atoms with van der Waals surface area (Å²) < 4.78 is 0. The van der Waals surface area contributed by atoms with Crippen molar-refractivity contribution in [1.82, 2.24) is 16.0 Å². The third kappa shape index (κ3) is 11.9. The van der Waals surface area contributed by atoms with Crippen molar-refractivity contribution in [3.8, 4) is 0 Å². The summed E-state index contributed by atoms with van der Waals surface area (Å²) >= 11 is 4.05. The van der Waals surface area contributed by atoms with Gasteiger partial charge in [-0.25, -0.2) is 4.79 Å². The lowest BCUT2D eigenvalue weighted by molar-refractivity contribution is -0.143. The van der Waals surface area contributed by atoms with Crippen molar-refractivity contribution in [2.75, 3.05) is 12.3 Å². The zero-order chi connectivity index (χ0) is 25.7. The van der Waals surface area contributed by atoms with Gasteiger partial charge in [-0.1, -0.05) is 13.8 Å². The maximum absolute atomic E-state index is 12.8. The van der Waals surface area contributed by atoms with E-state index < -0.39 is 66.1 Å². The van der Waals surface area contributed by atoms with Crippen LogP contribution in [0.4, 0.5) is 0 Å². The van der Waals surface area contributed by atoms with E-state index in [1.807, 2.05) is 0 Å². The first-order valence-corrected chi connectivity index (χ1v) is 10.8. The monoisotopic (exact) mass is 490 g/mol. The number of guanidine groups is 1. The molecule has 0 fully saturated rings. The molecule has 0 bridgehead atoms. The quantitative estimate of drug-likeness (QED) is 0.0474. The van der Waals surface area contributed by atoms with Gasteiger partial charge in [0.05, 0.1) is 12.5 Å². The Bertz CT molecular complexity index is 743. The fourth-order valence-electron chi connectivity index (χ4n) is 2.59. The first-order valence-electron chi connectivity index (χ1n) is 10.1. The molecule has 0 aromatic carbocycles. The van der Waals surface area contributed by atoms with Crippen molar-refractivity contribution >= 4 is 48.2 Å². The Morgan fingerprint density at radius 3 is 1.94 bits per heavy atom. The highest BCUT2D eigenvalue weighted by Gasteiger charge is 2.30. The maximum Gasteiger partial charge on any atom is 0.326 e. The van der Waals surface area contributed by atoms with E-state index in [0.717, 1.165) is 0 Å². The first kappa shape index (κ1) is 29.9. The van der Waals surface area contributed by atoms with Crippen LogP contribution in [0.5, 0.6) is 0 Å². The normalized spacial score (nSPS) is 14.3. The number of carboxylic acid groups (broad SMARTS) is 1. The highest BCUT2D eigenvalue weighted by atomic mass is 32.1. The molecule has 0 radical (unpaired) electrons. The number of primary amides is 1. The van der Waals surface area contributed by atoms with Gasteiger partial charge in [0.1, 0.15) is 18.1 Å². The molecule has 4 amide bonds. The number of hydrogen-bond acceptors (Lipinski definition) is 8. The second kappa shape index (κ2) is 14.9. The van der Waals surface area contributed by atoms with Gasteiger partial charge in [0.25, 0.3) is 0 Å². The van der Waals surface area contributed by atoms with Crippen LogP contribution in [-0.4, -0.2) is 77.1 Å². The van der Waals surface area contributed by atoms with E-state index in [-0.39, 0.29) is 31.1 Å².